The number of ether oxygens (including phenoxy) is 1. The van der Waals surface area contributed by atoms with Crippen LogP contribution in [0.15, 0.2) is 0 Å². The molecule has 1 aliphatic carbocycles. The number of hydrogen-bond donors (Lipinski definition) is 0. The summed E-state index contributed by atoms with van der Waals surface area (Å²) in [5.41, 5.74) is 0. The van der Waals surface area contributed by atoms with Crippen LogP contribution in [0.4, 0.5) is 0 Å². The molecule has 0 spiro atoms. The summed E-state index contributed by atoms with van der Waals surface area (Å²) in [6.07, 6.45) is 6.19. The molecule has 1 heteroatoms. The summed E-state index contributed by atoms with van der Waals surface area (Å²) in [6, 6.07) is 0. The molecule has 0 amide bonds. The van der Waals surface area contributed by atoms with Crippen molar-refractivity contribution in [3.63, 3.8) is 0 Å². The van der Waals surface area contributed by atoms with Crippen LogP contribution in [0.1, 0.15) is 25.7 Å². The molecule has 1 nitrogen and oxygen atoms in total. The molecule has 1 aliphatic heterocycles. The van der Waals surface area contributed by atoms with Gasteiger partial charge in [0.15, 0.2) is 0 Å². The first kappa shape index (κ1) is 4.80. The van der Waals surface area contributed by atoms with Crippen LogP contribution < -0.4 is 0 Å². The highest BCUT2D eigenvalue weighted by Crippen LogP contribution is 2.38. The van der Waals surface area contributed by atoms with Gasteiger partial charge in [-0.25, -0.2) is 0 Å². The molecule has 0 aromatic heterocycles. The summed E-state index contributed by atoms with van der Waals surface area (Å²) in [5.74, 6) is 0.970. The van der Waals surface area contributed by atoms with E-state index >= 15 is 0 Å². The second-order valence-electron chi connectivity index (χ2n) is 2.89. The van der Waals surface area contributed by atoms with Gasteiger partial charge in [0.05, 0.1) is 6.10 Å². The lowest BCUT2D eigenvalue weighted by Crippen LogP contribution is -2.05. The minimum atomic E-state index is 0.676. The zero-order valence-electron chi connectivity index (χ0n) is 5.10. The zero-order chi connectivity index (χ0) is 5.40. The van der Waals surface area contributed by atoms with Gasteiger partial charge in [-0.05, 0) is 31.6 Å². The Morgan fingerprint density at radius 2 is 2.00 bits per heavy atom. The number of rotatable bonds is 1. The van der Waals surface area contributed by atoms with Gasteiger partial charge in [0.2, 0.25) is 0 Å². The van der Waals surface area contributed by atoms with Crippen LogP contribution >= 0.6 is 0 Å². The first-order valence-corrected chi connectivity index (χ1v) is 3.58. The molecule has 0 aromatic carbocycles. The molecule has 2 aliphatic rings. The molecule has 1 saturated heterocycles. The largest absolute Gasteiger partial charge is 0.378 e. The minimum absolute atomic E-state index is 0.676. The predicted octanol–water partition coefficient (Wildman–Crippen LogP) is 1.58. The first-order chi connectivity index (χ1) is 3.97. The molecule has 1 saturated carbocycles. The second kappa shape index (κ2) is 1.73. The van der Waals surface area contributed by atoms with E-state index < -0.39 is 0 Å². The van der Waals surface area contributed by atoms with E-state index in [1.165, 1.54) is 25.7 Å². The Labute approximate surface area is 50.0 Å². The molecule has 0 N–H and O–H groups in total. The molecular weight excluding hydrogens is 100 g/mol. The maximum Gasteiger partial charge on any atom is 0.0604 e. The summed E-state index contributed by atoms with van der Waals surface area (Å²) < 4.78 is 5.48. The summed E-state index contributed by atoms with van der Waals surface area (Å²) in [5, 5.41) is 0. The van der Waals surface area contributed by atoms with E-state index in [9.17, 15) is 0 Å². The third-order valence-electron chi connectivity index (χ3n) is 2.11. The van der Waals surface area contributed by atoms with Crippen LogP contribution in [0.25, 0.3) is 0 Å². The smallest absolute Gasteiger partial charge is 0.0604 e. The molecule has 2 rings (SSSR count). The van der Waals surface area contributed by atoms with Crippen molar-refractivity contribution in [1.82, 2.24) is 0 Å². The van der Waals surface area contributed by atoms with E-state index in [0.717, 1.165) is 12.5 Å². The van der Waals surface area contributed by atoms with Gasteiger partial charge < -0.3 is 4.74 Å². The van der Waals surface area contributed by atoms with Gasteiger partial charge in [-0.3, -0.25) is 0 Å². The van der Waals surface area contributed by atoms with Crippen molar-refractivity contribution < 1.29 is 4.74 Å². The van der Waals surface area contributed by atoms with Crippen LogP contribution in [0.2, 0.25) is 0 Å². The lowest BCUT2D eigenvalue weighted by Gasteiger charge is -2.03. The summed E-state index contributed by atoms with van der Waals surface area (Å²) >= 11 is 0. The molecule has 0 bridgehead atoms. The van der Waals surface area contributed by atoms with Crippen LogP contribution in [-0.4, -0.2) is 12.7 Å². The van der Waals surface area contributed by atoms with Crippen molar-refractivity contribution in [2.24, 2.45) is 5.92 Å². The van der Waals surface area contributed by atoms with E-state index in [1.807, 2.05) is 0 Å². The van der Waals surface area contributed by atoms with Crippen LogP contribution in [0, 0.1) is 5.92 Å². The summed E-state index contributed by atoms with van der Waals surface area (Å²) in [4.78, 5) is 0. The van der Waals surface area contributed by atoms with Crippen molar-refractivity contribution in [1.29, 1.82) is 0 Å². The van der Waals surface area contributed by atoms with Crippen molar-refractivity contribution in [3.05, 3.63) is 0 Å². The van der Waals surface area contributed by atoms with Crippen LogP contribution in [0.5, 0.6) is 0 Å². The first-order valence-electron chi connectivity index (χ1n) is 3.58. The van der Waals surface area contributed by atoms with E-state index in [-0.39, 0.29) is 0 Å². The highest BCUT2D eigenvalue weighted by molar-refractivity contribution is 4.84. The van der Waals surface area contributed by atoms with E-state index in [0.29, 0.717) is 6.10 Å². The lowest BCUT2D eigenvalue weighted by atomic mass is 10.2. The fraction of sp³-hybridized carbons (Fsp3) is 1.00. The monoisotopic (exact) mass is 112 g/mol. The van der Waals surface area contributed by atoms with Gasteiger partial charge in [-0.2, -0.15) is 0 Å². The van der Waals surface area contributed by atoms with Crippen molar-refractivity contribution in [2.45, 2.75) is 31.8 Å². The summed E-state index contributed by atoms with van der Waals surface area (Å²) in [6.45, 7) is 1.03. The van der Waals surface area contributed by atoms with Gasteiger partial charge in [-0.1, -0.05) is 0 Å². The Kier molecular flexibility index (Phi) is 1.04. The third-order valence-corrected chi connectivity index (χ3v) is 2.11. The van der Waals surface area contributed by atoms with E-state index in [4.69, 9.17) is 4.74 Å². The van der Waals surface area contributed by atoms with Gasteiger partial charge >= 0.3 is 0 Å². The quantitative estimate of drug-likeness (QED) is 0.500. The van der Waals surface area contributed by atoms with Crippen molar-refractivity contribution in [3.8, 4) is 0 Å². The fourth-order valence-corrected chi connectivity index (χ4v) is 1.44. The van der Waals surface area contributed by atoms with Gasteiger partial charge in [0.1, 0.15) is 0 Å². The Bertz CT molecular complexity index is 80.4. The predicted molar refractivity (Wildman–Crippen MR) is 31.7 cm³/mol. The molecular formula is C7H12O. The SMILES string of the molecule is C1CO[C@@H](C2CC2)C1. The molecule has 8 heavy (non-hydrogen) atoms. The standard InChI is InChI=1S/C7H12O/c1-2-7(8-5-1)6-3-4-6/h6-7H,1-5H2/t7-/m1/s1. The maximum atomic E-state index is 5.48. The highest BCUT2D eigenvalue weighted by atomic mass is 16.5. The average Bonchev–Trinajstić information content (AvgIpc) is 2.49. The van der Waals surface area contributed by atoms with E-state index in [1.54, 1.807) is 0 Å². The Hall–Kier alpha value is -0.0400. The number of hydrogen-bond acceptors (Lipinski definition) is 1. The Morgan fingerprint density at radius 1 is 1.12 bits per heavy atom. The fourth-order valence-electron chi connectivity index (χ4n) is 1.44. The molecule has 0 radical (unpaired) electrons. The molecule has 46 valence electrons. The maximum absolute atomic E-state index is 5.48. The van der Waals surface area contributed by atoms with Crippen LogP contribution in [0.3, 0.4) is 0 Å². The topological polar surface area (TPSA) is 9.23 Å². The molecule has 2 fully saturated rings. The van der Waals surface area contributed by atoms with Crippen LogP contribution in [-0.2, 0) is 4.74 Å². The van der Waals surface area contributed by atoms with Crippen molar-refractivity contribution >= 4 is 0 Å². The second-order valence-corrected chi connectivity index (χ2v) is 2.89. The Morgan fingerprint density at radius 3 is 2.50 bits per heavy atom. The van der Waals surface area contributed by atoms with Gasteiger partial charge in [-0.15, -0.1) is 0 Å². The summed E-state index contributed by atoms with van der Waals surface area (Å²) in [7, 11) is 0. The van der Waals surface area contributed by atoms with Gasteiger partial charge in [0, 0.05) is 6.61 Å². The third kappa shape index (κ3) is 0.752. The van der Waals surface area contributed by atoms with Crippen molar-refractivity contribution in [2.75, 3.05) is 6.61 Å². The molecule has 1 heterocycles. The Balaban J connectivity index is 1.86. The zero-order valence-corrected chi connectivity index (χ0v) is 5.10. The average molecular weight is 112 g/mol. The normalized spacial score (nSPS) is 38.2. The van der Waals surface area contributed by atoms with Gasteiger partial charge in [0.25, 0.3) is 0 Å². The highest BCUT2D eigenvalue weighted by Gasteiger charge is 2.33. The molecule has 0 unspecified atom stereocenters. The molecule has 0 aromatic rings. The van der Waals surface area contributed by atoms with E-state index in [2.05, 4.69) is 0 Å². The lowest BCUT2D eigenvalue weighted by molar-refractivity contribution is 0.0942. The minimum Gasteiger partial charge on any atom is -0.378 e. The molecule has 1 atom stereocenters.